The first kappa shape index (κ1) is 16.1. The third-order valence-corrected chi connectivity index (χ3v) is 4.23. The Labute approximate surface area is 149 Å². The van der Waals surface area contributed by atoms with Crippen molar-refractivity contribution in [2.75, 3.05) is 0 Å². The lowest BCUT2D eigenvalue weighted by Crippen LogP contribution is -2.07. The van der Waals surface area contributed by atoms with E-state index >= 15 is 0 Å². The molecule has 0 amide bonds. The minimum atomic E-state index is -0.369. The van der Waals surface area contributed by atoms with Crippen LogP contribution in [0.25, 0.3) is 22.2 Å². The van der Waals surface area contributed by atoms with E-state index in [1.165, 1.54) is 24.3 Å². The molecule has 0 radical (unpaired) electrons. The Morgan fingerprint density at radius 1 is 1.12 bits per heavy atom. The number of carbonyl (C=O) groups is 1. The molecule has 0 atom stereocenters. The van der Waals surface area contributed by atoms with Crippen LogP contribution in [0.15, 0.2) is 61.2 Å². The van der Waals surface area contributed by atoms with E-state index in [4.69, 9.17) is 0 Å². The van der Waals surface area contributed by atoms with Crippen molar-refractivity contribution >= 4 is 16.7 Å². The van der Waals surface area contributed by atoms with Gasteiger partial charge in [-0.05, 0) is 30.3 Å². The van der Waals surface area contributed by atoms with Crippen molar-refractivity contribution in [1.82, 2.24) is 19.5 Å². The second kappa shape index (κ2) is 6.48. The van der Waals surface area contributed by atoms with Crippen LogP contribution in [0.3, 0.4) is 0 Å². The lowest BCUT2D eigenvalue weighted by molar-refractivity contribution is 0.0991. The normalized spacial score (nSPS) is 11.0. The second-order valence-corrected chi connectivity index (χ2v) is 6.06. The summed E-state index contributed by atoms with van der Waals surface area (Å²) in [7, 11) is 1.93. The van der Waals surface area contributed by atoms with E-state index in [2.05, 4.69) is 15.0 Å². The van der Waals surface area contributed by atoms with Crippen LogP contribution in [0.4, 0.5) is 4.39 Å². The third kappa shape index (κ3) is 3.09. The molecule has 5 nitrogen and oxygen atoms in total. The van der Waals surface area contributed by atoms with E-state index in [0.29, 0.717) is 11.4 Å². The second-order valence-electron chi connectivity index (χ2n) is 6.06. The number of aryl methyl sites for hydroxylation is 1. The number of ketones is 1. The van der Waals surface area contributed by atoms with Crippen molar-refractivity contribution in [3.63, 3.8) is 0 Å². The summed E-state index contributed by atoms with van der Waals surface area (Å²) < 4.78 is 14.9. The Bertz CT molecular complexity index is 1100. The van der Waals surface area contributed by atoms with Gasteiger partial charge in [-0.15, -0.1) is 0 Å². The summed E-state index contributed by atoms with van der Waals surface area (Å²) in [5.74, 6) is -0.0766. The van der Waals surface area contributed by atoms with Gasteiger partial charge in [0.1, 0.15) is 11.6 Å². The maximum atomic E-state index is 13.0. The van der Waals surface area contributed by atoms with E-state index in [-0.39, 0.29) is 18.0 Å². The van der Waals surface area contributed by atoms with Crippen molar-refractivity contribution in [2.24, 2.45) is 7.05 Å². The van der Waals surface area contributed by atoms with Crippen molar-refractivity contribution in [3.05, 3.63) is 78.4 Å². The first-order chi connectivity index (χ1) is 12.6. The van der Waals surface area contributed by atoms with Gasteiger partial charge in [0.15, 0.2) is 5.78 Å². The quantitative estimate of drug-likeness (QED) is 0.530. The number of benzene rings is 2. The first-order valence-corrected chi connectivity index (χ1v) is 8.11. The van der Waals surface area contributed by atoms with Crippen LogP contribution >= 0.6 is 0 Å². The fraction of sp³-hybridized carbons (Fsp3) is 0.100. The van der Waals surface area contributed by atoms with Crippen molar-refractivity contribution in [1.29, 1.82) is 0 Å². The van der Waals surface area contributed by atoms with Crippen LogP contribution in [-0.4, -0.2) is 25.3 Å². The van der Waals surface area contributed by atoms with Crippen LogP contribution in [0.5, 0.6) is 0 Å². The van der Waals surface area contributed by atoms with Gasteiger partial charge >= 0.3 is 0 Å². The summed E-state index contributed by atoms with van der Waals surface area (Å²) in [4.78, 5) is 25.3. The highest BCUT2D eigenvalue weighted by atomic mass is 19.1. The molecular formula is C20H15FN4O. The zero-order chi connectivity index (χ0) is 18.1. The average Bonchev–Trinajstić information content (AvgIpc) is 3.07. The van der Waals surface area contributed by atoms with Crippen LogP contribution < -0.4 is 0 Å². The fourth-order valence-corrected chi connectivity index (χ4v) is 2.82. The molecule has 0 unspecified atom stereocenters. The summed E-state index contributed by atoms with van der Waals surface area (Å²) in [5, 5.41) is 0.897. The third-order valence-electron chi connectivity index (χ3n) is 4.23. The summed E-state index contributed by atoms with van der Waals surface area (Å²) in [6, 6.07) is 11.4. The SMILES string of the molecule is Cn1cncc1-c1ccc2cnc(CC(=O)c3ccc(F)cc3)nc2c1. The molecule has 0 aliphatic carbocycles. The van der Waals surface area contributed by atoms with Gasteiger partial charge < -0.3 is 4.57 Å². The van der Waals surface area contributed by atoms with E-state index < -0.39 is 0 Å². The zero-order valence-electron chi connectivity index (χ0n) is 14.1. The number of imidazole rings is 1. The zero-order valence-corrected chi connectivity index (χ0v) is 14.1. The standard InChI is InChI=1S/C20H15FN4O/c1-25-12-22-11-18(25)14-2-3-15-10-23-20(24-17(15)8-14)9-19(26)13-4-6-16(21)7-5-13/h2-8,10-12H,9H2,1H3. The molecule has 6 heteroatoms. The number of hydrogen-bond acceptors (Lipinski definition) is 4. The molecule has 0 bridgehead atoms. The van der Waals surface area contributed by atoms with Crippen LogP contribution in [-0.2, 0) is 13.5 Å². The Hall–Kier alpha value is -3.41. The van der Waals surface area contributed by atoms with Crippen LogP contribution in [0, 0.1) is 5.82 Å². The molecule has 0 aliphatic rings. The lowest BCUT2D eigenvalue weighted by Gasteiger charge is -2.06. The summed E-state index contributed by atoms with van der Waals surface area (Å²) in [6.45, 7) is 0. The van der Waals surface area contributed by atoms with Gasteiger partial charge in [-0.2, -0.15) is 0 Å². The molecule has 0 N–H and O–H groups in total. The van der Waals surface area contributed by atoms with Crippen LogP contribution in [0.2, 0.25) is 0 Å². The average molecular weight is 346 g/mol. The van der Waals surface area contributed by atoms with E-state index in [9.17, 15) is 9.18 Å². The monoisotopic (exact) mass is 346 g/mol. The topological polar surface area (TPSA) is 60.7 Å². The Kier molecular flexibility index (Phi) is 4.01. The summed E-state index contributed by atoms with van der Waals surface area (Å²) in [6.07, 6.45) is 5.31. The van der Waals surface area contributed by atoms with Crippen LogP contribution in [0.1, 0.15) is 16.2 Å². The molecular weight excluding hydrogens is 331 g/mol. The Balaban J connectivity index is 1.65. The molecule has 26 heavy (non-hydrogen) atoms. The molecule has 2 aromatic heterocycles. The molecule has 4 aromatic rings. The molecule has 0 saturated carbocycles. The minimum Gasteiger partial charge on any atom is -0.334 e. The first-order valence-electron chi connectivity index (χ1n) is 8.11. The van der Waals surface area contributed by atoms with Crippen molar-refractivity contribution in [3.8, 4) is 11.3 Å². The van der Waals surface area contributed by atoms with Gasteiger partial charge in [-0.3, -0.25) is 4.79 Å². The molecule has 0 spiro atoms. The number of Topliss-reactive ketones (excluding diaryl/α,β-unsaturated/α-hetero) is 1. The molecule has 0 fully saturated rings. The van der Waals surface area contributed by atoms with E-state index in [0.717, 1.165) is 22.2 Å². The number of fused-ring (bicyclic) bond motifs is 1. The maximum absolute atomic E-state index is 13.0. The molecule has 0 saturated heterocycles. The van der Waals surface area contributed by atoms with Crippen molar-refractivity contribution < 1.29 is 9.18 Å². The summed E-state index contributed by atoms with van der Waals surface area (Å²) >= 11 is 0. The molecule has 2 heterocycles. The van der Waals surface area contributed by atoms with Gasteiger partial charge in [0.05, 0.1) is 30.2 Å². The van der Waals surface area contributed by atoms with Gasteiger partial charge in [-0.25, -0.2) is 19.3 Å². The number of carbonyl (C=O) groups excluding carboxylic acids is 1. The minimum absolute atomic E-state index is 0.0670. The Morgan fingerprint density at radius 2 is 1.92 bits per heavy atom. The molecule has 0 aliphatic heterocycles. The highest BCUT2D eigenvalue weighted by molar-refractivity contribution is 5.97. The Morgan fingerprint density at radius 3 is 2.65 bits per heavy atom. The van der Waals surface area contributed by atoms with Gasteiger partial charge in [0.2, 0.25) is 0 Å². The van der Waals surface area contributed by atoms with E-state index in [1.54, 1.807) is 18.7 Å². The highest BCUT2D eigenvalue weighted by Crippen LogP contribution is 2.22. The van der Waals surface area contributed by atoms with Crippen molar-refractivity contribution in [2.45, 2.75) is 6.42 Å². The number of nitrogens with zero attached hydrogens (tertiary/aromatic N) is 4. The molecule has 128 valence electrons. The smallest absolute Gasteiger partial charge is 0.170 e. The maximum Gasteiger partial charge on any atom is 0.170 e. The molecule has 2 aromatic carbocycles. The number of aromatic nitrogens is 4. The number of halogens is 1. The summed E-state index contributed by atoms with van der Waals surface area (Å²) in [5.41, 5.74) is 3.18. The number of rotatable bonds is 4. The predicted octanol–water partition coefficient (Wildman–Crippen LogP) is 3.59. The van der Waals surface area contributed by atoms with Gasteiger partial charge in [-0.1, -0.05) is 12.1 Å². The van der Waals surface area contributed by atoms with Gasteiger partial charge in [0.25, 0.3) is 0 Å². The predicted molar refractivity (Wildman–Crippen MR) is 96.2 cm³/mol. The largest absolute Gasteiger partial charge is 0.334 e. The number of hydrogen-bond donors (Lipinski definition) is 0. The fourth-order valence-electron chi connectivity index (χ4n) is 2.82. The highest BCUT2D eigenvalue weighted by Gasteiger charge is 2.11. The van der Waals surface area contributed by atoms with E-state index in [1.807, 2.05) is 29.8 Å². The molecule has 4 rings (SSSR count). The van der Waals surface area contributed by atoms with Gasteiger partial charge in [0, 0.05) is 29.8 Å². The lowest BCUT2D eigenvalue weighted by atomic mass is 10.1.